The molecule has 2 N–H and O–H groups in total. The molecule has 0 radical (unpaired) electrons. The van der Waals surface area contributed by atoms with Gasteiger partial charge in [-0.3, -0.25) is 0 Å². The Kier molecular flexibility index (Phi) is 4.18. The Hall–Kier alpha value is -0.610. The molecule has 0 amide bonds. The van der Waals surface area contributed by atoms with Crippen molar-refractivity contribution in [2.24, 2.45) is 0 Å². The average molecular weight is 202 g/mol. The molecule has 1 atom stereocenters. The summed E-state index contributed by atoms with van der Waals surface area (Å²) in [6.45, 7) is 0.359. The van der Waals surface area contributed by atoms with Gasteiger partial charge < -0.3 is 9.94 Å². The van der Waals surface area contributed by atoms with Crippen LogP contribution in [0.2, 0.25) is 5.02 Å². The molecule has 1 rings (SSSR count). The lowest BCUT2D eigenvalue weighted by Crippen LogP contribution is -2.19. The summed E-state index contributed by atoms with van der Waals surface area (Å²) in [5.74, 6) is 0. The summed E-state index contributed by atoms with van der Waals surface area (Å²) >= 11 is 5.70. The van der Waals surface area contributed by atoms with E-state index in [9.17, 15) is 5.11 Å². The third kappa shape index (κ3) is 3.32. The van der Waals surface area contributed by atoms with E-state index < -0.39 is 6.10 Å². The van der Waals surface area contributed by atoms with Crippen molar-refractivity contribution in [3.63, 3.8) is 0 Å². The van der Waals surface area contributed by atoms with Crippen LogP contribution in [-0.4, -0.2) is 18.8 Å². The van der Waals surface area contributed by atoms with Crippen LogP contribution in [0.5, 0.6) is 0 Å². The molecule has 0 aliphatic carbocycles. The van der Waals surface area contributed by atoms with Crippen LogP contribution in [0.25, 0.3) is 0 Å². The lowest BCUT2D eigenvalue weighted by Gasteiger charge is -2.10. The normalized spacial score (nSPS) is 12.8. The first-order valence-electron chi connectivity index (χ1n) is 3.93. The number of halogens is 1. The van der Waals surface area contributed by atoms with E-state index in [1.807, 2.05) is 0 Å². The van der Waals surface area contributed by atoms with Crippen molar-refractivity contribution in [2.75, 3.05) is 13.7 Å². The fraction of sp³-hybridized carbons (Fsp3) is 0.333. The number of aliphatic hydroxyl groups is 1. The molecule has 0 heterocycles. The highest BCUT2D eigenvalue weighted by Gasteiger charge is 2.05. The third-order valence-electron chi connectivity index (χ3n) is 1.68. The Bertz CT molecular complexity index is 250. The summed E-state index contributed by atoms with van der Waals surface area (Å²) < 4.78 is 0. The summed E-state index contributed by atoms with van der Waals surface area (Å²) in [7, 11) is 1.51. The van der Waals surface area contributed by atoms with Gasteiger partial charge in [0, 0.05) is 5.02 Å². The van der Waals surface area contributed by atoms with E-state index >= 15 is 0 Å². The van der Waals surface area contributed by atoms with Gasteiger partial charge in [0.25, 0.3) is 0 Å². The Labute approximate surface area is 82.2 Å². The number of hydrogen-bond donors (Lipinski definition) is 2. The molecule has 72 valence electrons. The molecule has 4 heteroatoms. The van der Waals surface area contributed by atoms with E-state index in [4.69, 9.17) is 11.6 Å². The zero-order valence-electron chi connectivity index (χ0n) is 7.33. The molecular formula is C9H12ClNO2. The molecule has 1 aromatic carbocycles. The largest absolute Gasteiger partial charge is 0.387 e. The van der Waals surface area contributed by atoms with Crippen molar-refractivity contribution in [3.8, 4) is 0 Å². The van der Waals surface area contributed by atoms with E-state index in [1.165, 1.54) is 7.11 Å². The van der Waals surface area contributed by atoms with Crippen molar-refractivity contribution < 1.29 is 9.94 Å². The number of hydroxylamine groups is 1. The van der Waals surface area contributed by atoms with Gasteiger partial charge in [0.1, 0.15) is 0 Å². The smallest absolute Gasteiger partial charge is 0.0937 e. The van der Waals surface area contributed by atoms with Crippen molar-refractivity contribution in [3.05, 3.63) is 34.9 Å². The molecule has 0 saturated heterocycles. The number of nitrogens with one attached hydrogen (secondary N) is 1. The van der Waals surface area contributed by atoms with Crippen LogP contribution in [0.1, 0.15) is 11.7 Å². The van der Waals surface area contributed by atoms with E-state index in [1.54, 1.807) is 24.3 Å². The molecule has 0 bridgehead atoms. The first-order chi connectivity index (χ1) is 6.24. The highest BCUT2D eigenvalue weighted by molar-refractivity contribution is 6.30. The maximum absolute atomic E-state index is 9.56. The Morgan fingerprint density at radius 3 is 2.62 bits per heavy atom. The van der Waals surface area contributed by atoms with Gasteiger partial charge >= 0.3 is 0 Å². The fourth-order valence-corrected chi connectivity index (χ4v) is 1.09. The maximum Gasteiger partial charge on any atom is 0.0937 e. The lowest BCUT2D eigenvalue weighted by atomic mass is 10.1. The van der Waals surface area contributed by atoms with Gasteiger partial charge in [0.2, 0.25) is 0 Å². The summed E-state index contributed by atoms with van der Waals surface area (Å²) in [5.41, 5.74) is 3.39. The van der Waals surface area contributed by atoms with E-state index in [0.717, 1.165) is 5.56 Å². The molecule has 0 fully saturated rings. The monoisotopic (exact) mass is 201 g/mol. The molecule has 0 aliphatic rings. The SMILES string of the molecule is CONCC(O)c1ccc(Cl)cc1. The molecule has 0 spiro atoms. The van der Waals surface area contributed by atoms with Crippen molar-refractivity contribution in [1.82, 2.24) is 5.48 Å². The molecule has 0 aromatic heterocycles. The standard InChI is InChI=1S/C9H12ClNO2/c1-13-11-6-9(12)7-2-4-8(10)5-3-7/h2-5,9,11-12H,6H2,1H3. The second-order valence-corrected chi connectivity index (χ2v) is 3.06. The molecule has 1 aromatic rings. The minimum Gasteiger partial charge on any atom is -0.387 e. The van der Waals surface area contributed by atoms with Crippen LogP contribution in [0, 0.1) is 0 Å². The number of hydrogen-bond acceptors (Lipinski definition) is 3. The zero-order chi connectivity index (χ0) is 9.68. The molecular weight excluding hydrogens is 190 g/mol. The second kappa shape index (κ2) is 5.19. The first kappa shape index (κ1) is 10.5. The van der Waals surface area contributed by atoms with Crippen LogP contribution in [0.15, 0.2) is 24.3 Å². The van der Waals surface area contributed by atoms with Gasteiger partial charge in [-0.15, -0.1) is 0 Å². The summed E-state index contributed by atoms with van der Waals surface area (Å²) in [6, 6.07) is 7.05. The average Bonchev–Trinajstić information content (AvgIpc) is 2.15. The molecule has 0 saturated carbocycles. The quantitative estimate of drug-likeness (QED) is 0.726. The molecule has 1 unspecified atom stereocenters. The molecule has 13 heavy (non-hydrogen) atoms. The van der Waals surface area contributed by atoms with Crippen molar-refractivity contribution in [2.45, 2.75) is 6.10 Å². The van der Waals surface area contributed by atoms with Gasteiger partial charge in [-0.25, -0.2) is 0 Å². The van der Waals surface area contributed by atoms with Crippen LogP contribution < -0.4 is 5.48 Å². The predicted octanol–water partition coefficient (Wildman–Crippen LogP) is 1.52. The fourth-order valence-electron chi connectivity index (χ4n) is 0.965. The Morgan fingerprint density at radius 2 is 2.08 bits per heavy atom. The zero-order valence-corrected chi connectivity index (χ0v) is 8.08. The maximum atomic E-state index is 9.56. The highest BCUT2D eigenvalue weighted by Crippen LogP contribution is 2.15. The minimum absolute atomic E-state index is 0.359. The Morgan fingerprint density at radius 1 is 1.46 bits per heavy atom. The van der Waals surface area contributed by atoms with Crippen LogP contribution in [0.3, 0.4) is 0 Å². The summed E-state index contributed by atoms with van der Waals surface area (Å²) in [4.78, 5) is 4.62. The van der Waals surface area contributed by atoms with Gasteiger partial charge in [0.05, 0.1) is 19.8 Å². The van der Waals surface area contributed by atoms with E-state index in [2.05, 4.69) is 10.3 Å². The van der Waals surface area contributed by atoms with Gasteiger partial charge in [-0.1, -0.05) is 23.7 Å². The number of aliphatic hydroxyl groups excluding tert-OH is 1. The topological polar surface area (TPSA) is 41.5 Å². The summed E-state index contributed by atoms with van der Waals surface area (Å²) in [6.07, 6.45) is -0.572. The Balaban J connectivity index is 2.55. The lowest BCUT2D eigenvalue weighted by molar-refractivity contribution is 0.0499. The van der Waals surface area contributed by atoms with Crippen molar-refractivity contribution in [1.29, 1.82) is 0 Å². The molecule has 3 nitrogen and oxygen atoms in total. The van der Waals surface area contributed by atoms with Gasteiger partial charge in [-0.2, -0.15) is 5.48 Å². The van der Waals surface area contributed by atoms with E-state index in [0.29, 0.717) is 11.6 Å². The van der Waals surface area contributed by atoms with Crippen molar-refractivity contribution >= 4 is 11.6 Å². The highest BCUT2D eigenvalue weighted by atomic mass is 35.5. The number of rotatable bonds is 4. The first-order valence-corrected chi connectivity index (χ1v) is 4.31. The van der Waals surface area contributed by atoms with Crippen LogP contribution >= 0.6 is 11.6 Å². The van der Waals surface area contributed by atoms with Gasteiger partial charge in [0.15, 0.2) is 0 Å². The number of benzene rings is 1. The van der Waals surface area contributed by atoms with Crippen LogP contribution in [-0.2, 0) is 4.84 Å². The summed E-state index contributed by atoms with van der Waals surface area (Å²) in [5, 5.41) is 10.2. The second-order valence-electron chi connectivity index (χ2n) is 2.62. The van der Waals surface area contributed by atoms with E-state index in [-0.39, 0.29) is 0 Å². The van der Waals surface area contributed by atoms with Crippen LogP contribution in [0.4, 0.5) is 0 Å². The third-order valence-corrected chi connectivity index (χ3v) is 1.93. The minimum atomic E-state index is -0.572. The molecule has 0 aliphatic heterocycles. The van der Waals surface area contributed by atoms with Gasteiger partial charge in [-0.05, 0) is 17.7 Å². The predicted molar refractivity (Wildman–Crippen MR) is 51.4 cm³/mol.